The summed E-state index contributed by atoms with van der Waals surface area (Å²) >= 11 is 5.82. The van der Waals surface area contributed by atoms with E-state index >= 15 is 0 Å². The average molecular weight is 225 g/mol. The highest BCUT2D eigenvalue weighted by Gasteiger charge is 2.01. The summed E-state index contributed by atoms with van der Waals surface area (Å²) in [6.45, 7) is 1.63. The molecule has 0 fully saturated rings. The molecule has 0 radical (unpaired) electrons. The number of azide groups is 1. The van der Waals surface area contributed by atoms with Crippen molar-refractivity contribution in [1.29, 1.82) is 0 Å². The second-order valence-electron chi connectivity index (χ2n) is 2.90. The molecule has 5 nitrogen and oxygen atoms in total. The lowest BCUT2D eigenvalue weighted by atomic mass is 10.2. The second-order valence-corrected chi connectivity index (χ2v) is 3.31. The predicted octanol–water partition coefficient (Wildman–Crippen LogP) is 2.90. The summed E-state index contributed by atoms with van der Waals surface area (Å²) in [4.78, 5) is 13.7. The standard InChI is InChI=1S/C9H9ClN4O/c1-6-4-7(2-3-8(6)10)13-9(15)5-12-14-11/h2-4H,5H2,1H3,(H,13,15). The van der Waals surface area contributed by atoms with Crippen LogP contribution in [0.25, 0.3) is 10.4 Å². The Morgan fingerprint density at radius 1 is 1.67 bits per heavy atom. The number of amides is 1. The number of benzene rings is 1. The summed E-state index contributed by atoms with van der Waals surface area (Å²) in [5.41, 5.74) is 9.53. The highest BCUT2D eigenvalue weighted by Crippen LogP contribution is 2.19. The molecule has 15 heavy (non-hydrogen) atoms. The van der Waals surface area contributed by atoms with Crippen LogP contribution in [-0.2, 0) is 4.79 Å². The summed E-state index contributed by atoms with van der Waals surface area (Å²) in [5, 5.41) is 6.37. The molecule has 0 saturated carbocycles. The van der Waals surface area contributed by atoms with Crippen LogP contribution >= 0.6 is 11.6 Å². The Morgan fingerprint density at radius 2 is 2.40 bits per heavy atom. The number of rotatable bonds is 3. The van der Waals surface area contributed by atoms with Crippen LogP contribution in [0.5, 0.6) is 0 Å². The molecule has 1 N–H and O–H groups in total. The molecule has 0 bridgehead atoms. The average Bonchev–Trinajstić information content (AvgIpc) is 2.20. The van der Waals surface area contributed by atoms with E-state index in [0.29, 0.717) is 10.7 Å². The van der Waals surface area contributed by atoms with E-state index in [1.54, 1.807) is 18.2 Å². The summed E-state index contributed by atoms with van der Waals surface area (Å²) < 4.78 is 0. The van der Waals surface area contributed by atoms with Crippen LogP contribution in [0, 0.1) is 6.92 Å². The topological polar surface area (TPSA) is 77.9 Å². The summed E-state index contributed by atoms with van der Waals surface area (Å²) in [5.74, 6) is -0.352. The lowest BCUT2D eigenvalue weighted by Gasteiger charge is -2.04. The molecule has 1 aromatic carbocycles. The van der Waals surface area contributed by atoms with E-state index in [-0.39, 0.29) is 12.5 Å². The van der Waals surface area contributed by atoms with Gasteiger partial charge in [-0.2, -0.15) is 0 Å². The van der Waals surface area contributed by atoms with Gasteiger partial charge in [0.15, 0.2) is 0 Å². The molecule has 0 aromatic heterocycles. The van der Waals surface area contributed by atoms with Gasteiger partial charge in [0.2, 0.25) is 5.91 Å². The second kappa shape index (κ2) is 5.24. The first-order valence-corrected chi connectivity index (χ1v) is 4.58. The zero-order chi connectivity index (χ0) is 11.3. The van der Waals surface area contributed by atoms with E-state index < -0.39 is 0 Å². The van der Waals surface area contributed by atoms with Gasteiger partial charge in [0.25, 0.3) is 0 Å². The molecule has 0 atom stereocenters. The van der Waals surface area contributed by atoms with Crippen molar-refractivity contribution >= 4 is 23.2 Å². The summed E-state index contributed by atoms with van der Waals surface area (Å²) in [6.07, 6.45) is 0. The first-order valence-electron chi connectivity index (χ1n) is 4.20. The quantitative estimate of drug-likeness (QED) is 0.478. The molecule has 0 saturated heterocycles. The Labute approximate surface area is 91.7 Å². The van der Waals surface area contributed by atoms with Gasteiger partial charge < -0.3 is 5.32 Å². The minimum atomic E-state index is -0.352. The molecule has 0 aliphatic carbocycles. The molecule has 78 valence electrons. The van der Waals surface area contributed by atoms with Gasteiger partial charge in [0.1, 0.15) is 6.54 Å². The van der Waals surface area contributed by atoms with Crippen molar-refractivity contribution in [3.63, 3.8) is 0 Å². The Balaban J connectivity index is 2.68. The monoisotopic (exact) mass is 224 g/mol. The van der Waals surface area contributed by atoms with Crippen LogP contribution in [0.3, 0.4) is 0 Å². The molecule has 0 aliphatic rings. The van der Waals surface area contributed by atoms with Crippen molar-refractivity contribution in [3.05, 3.63) is 39.2 Å². The van der Waals surface area contributed by atoms with Gasteiger partial charge in [-0.15, -0.1) is 0 Å². The van der Waals surface area contributed by atoms with Crippen molar-refractivity contribution in [1.82, 2.24) is 0 Å². The van der Waals surface area contributed by atoms with Gasteiger partial charge in [-0.05, 0) is 36.2 Å². The zero-order valence-electron chi connectivity index (χ0n) is 8.07. The Morgan fingerprint density at radius 3 is 3.00 bits per heavy atom. The van der Waals surface area contributed by atoms with Crippen molar-refractivity contribution < 1.29 is 4.79 Å². The fourth-order valence-electron chi connectivity index (χ4n) is 1.02. The van der Waals surface area contributed by atoms with E-state index in [0.717, 1.165) is 5.56 Å². The van der Waals surface area contributed by atoms with Gasteiger partial charge in [-0.25, -0.2) is 0 Å². The first kappa shape index (κ1) is 11.4. The largest absolute Gasteiger partial charge is 0.326 e. The number of nitrogens with one attached hydrogen (secondary N) is 1. The fraction of sp³-hybridized carbons (Fsp3) is 0.222. The number of carbonyl (C=O) groups excluding carboxylic acids is 1. The summed E-state index contributed by atoms with van der Waals surface area (Å²) in [7, 11) is 0. The Kier molecular flexibility index (Phi) is 3.97. The molecule has 0 aliphatic heterocycles. The van der Waals surface area contributed by atoms with Gasteiger partial charge in [-0.1, -0.05) is 16.7 Å². The Bertz CT molecular complexity index is 426. The van der Waals surface area contributed by atoms with E-state index in [4.69, 9.17) is 17.1 Å². The third-order valence-electron chi connectivity index (χ3n) is 1.72. The number of nitrogens with zero attached hydrogens (tertiary/aromatic N) is 3. The number of aryl methyl sites for hydroxylation is 1. The van der Waals surface area contributed by atoms with Crippen molar-refractivity contribution in [3.8, 4) is 0 Å². The number of anilines is 1. The van der Waals surface area contributed by atoms with Crippen molar-refractivity contribution in [2.75, 3.05) is 11.9 Å². The van der Waals surface area contributed by atoms with Gasteiger partial charge in [0, 0.05) is 15.6 Å². The minimum Gasteiger partial charge on any atom is -0.326 e. The van der Waals surface area contributed by atoms with Crippen molar-refractivity contribution in [2.24, 2.45) is 5.11 Å². The molecular weight excluding hydrogens is 216 g/mol. The smallest absolute Gasteiger partial charge is 0.230 e. The zero-order valence-corrected chi connectivity index (χ0v) is 8.82. The van der Waals surface area contributed by atoms with E-state index in [1.807, 2.05) is 6.92 Å². The number of hydrogen-bond donors (Lipinski definition) is 1. The van der Waals surface area contributed by atoms with Crippen molar-refractivity contribution in [2.45, 2.75) is 6.92 Å². The van der Waals surface area contributed by atoms with Gasteiger partial charge in [0.05, 0.1) is 0 Å². The van der Waals surface area contributed by atoms with Crippen LogP contribution in [0.15, 0.2) is 23.3 Å². The number of carbonyl (C=O) groups is 1. The predicted molar refractivity (Wildman–Crippen MR) is 58.8 cm³/mol. The highest BCUT2D eigenvalue weighted by molar-refractivity contribution is 6.31. The lowest BCUT2D eigenvalue weighted by molar-refractivity contribution is -0.114. The molecule has 6 heteroatoms. The third kappa shape index (κ3) is 3.50. The van der Waals surface area contributed by atoms with Crippen LogP contribution in [-0.4, -0.2) is 12.5 Å². The first-order chi connectivity index (χ1) is 7.13. The van der Waals surface area contributed by atoms with Crippen LogP contribution < -0.4 is 5.32 Å². The molecule has 0 heterocycles. The van der Waals surface area contributed by atoms with E-state index in [1.165, 1.54) is 0 Å². The third-order valence-corrected chi connectivity index (χ3v) is 2.14. The van der Waals surface area contributed by atoms with E-state index in [2.05, 4.69) is 15.3 Å². The molecule has 1 rings (SSSR count). The molecular formula is C9H9ClN4O. The maximum atomic E-state index is 11.2. The number of hydrogen-bond acceptors (Lipinski definition) is 2. The van der Waals surface area contributed by atoms with Gasteiger partial charge >= 0.3 is 0 Å². The number of halogens is 1. The Hall–Kier alpha value is -1.71. The van der Waals surface area contributed by atoms with Crippen LogP contribution in [0.1, 0.15) is 5.56 Å². The SMILES string of the molecule is Cc1cc(NC(=O)CN=[N+]=[N-])ccc1Cl. The minimum absolute atomic E-state index is 0.210. The fourth-order valence-corrected chi connectivity index (χ4v) is 1.14. The maximum Gasteiger partial charge on any atom is 0.230 e. The maximum absolute atomic E-state index is 11.2. The van der Waals surface area contributed by atoms with Gasteiger partial charge in [-0.3, -0.25) is 4.79 Å². The molecule has 1 aromatic rings. The molecule has 1 amide bonds. The summed E-state index contributed by atoms with van der Waals surface area (Å²) in [6, 6.07) is 5.12. The van der Waals surface area contributed by atoms with Crippen LogP contribution in [0.2, 0.25) is 5.02 Å². The highest BCUT2D eigenvalue weighted by atomic mass is 35.5. The molecule has 0 spiro atoms. The van der Waals surface area contributed by atoms with E-state index in [9.17, 15) is 4.79 Å². The molecule has 0 unspecified atom stereocenters. The normalized spacial score (nSPS) is 9.20. The van der Waals surface area contributed by atoms with Crippen LogP contribution in [0.4, 0.5) is 5.69 Å². The lowest BCUT2D eigenvalue weighted by Crippen LogP contribution is -2.14.